The van der Waals surface area contributed by atoms with Crippen LogP contribution < -0.4 is 0 Å². The lowest BCUT2D eigenvalue weighted by atomic mass is 9.52. The molecule has 1 saturated carbocycles. The van der Waals surface area contributed by atoms with Crippen LogP contribution in [0.15, 0.2) is 18.2 Å². The van der Waals surface area contributed by atoms with Gasteiger partial charge in [-0.25, -0.2) is 4.79 Å². The average molecular weight is 313 g/mol. The fourth-order valence-corrected chi connectivity index (χ4v) is 5.55. The van der Waals surface area contributed by atoms with Crippen molar-refractivity contribution < 1.29 is 9.53 Å². The number of ether oxygens (including phenoxy) is 1. The number of piperidine rings is 1. The molecule has 1 amide bonds. The van der Waals surface area contributed by atoms with E-state index in [-0.39, 0.29) is 6.09 Å². The summed E-state index contributed by atoms with van der Waals surface area (Å²) in [6.45, 7) is 5.42. The maximum Gasteiger partial charge on any atom is 0.410 e. The molecule has 0 aromatic heterocycles. The summed E-state index contributed by atoms with van der Waals surface area (Å²) < 4.78 is 5.34. The Kier molecular flexibility index (Phi) is 3.62. The topological polar surface area (TPSA) is 29.5 Å². The molecule has 1 heterocycles. The number of benzene rings is 1. The predicted molar refractivity (Wildman–Crippen MR) is 90.7 cm³/mol. The van der Waals surface area contributed by atoms with Crippen molar-refractivity contribution in [3.8, 4) is 0 Å². The summed E-state index contributed by atoms with van der Waals surface area (Å²) in [5, 5.41) is 0. The first-order valence-electron chi connectivity index (χ1n) is 9.19. The Hall–Kier alpha value is -1.51. The Morgan fingerprint density at radius 2 is 2.22 bits per heavy atom. The highest BCUT2D eigenvalue weighted by atomic mass is 16.6. The van der Waals surface area contributed by atoms with E-state index in [2.05, 4.69) is 25.1 Å². The van der Waals surface area contributed by atoms with Crippen molar-refractivity contribution >= 4 is 6.09 Å². The van der Waals surface area contributed by atoms with Gasteiger partial charge in [-0.05, 0) is 56.6 Å². The summed E-state index contributed by atoms with van der Waals surface area (Å²) in [6, 6.07) is 7.30. The number of hydrogen-bond donors (Lipinski definition) is 0. The van der Waals surface area contributed by atoms with Gasteiger partial charge in [0.25, 0.3) is 0 Å². The minimum atomic E-state index is -0.104. The summed E-state index contributed by atoms with van der Waals surface area (Å²) in [5.41, 5.74) is 4.74. The molecular formula is C20H27NO2. The second kappa shape index (κ2) is 5.54. The second-order valence-electron chi connectivity index (χ2n) is 7.58. The number of amides is 1. The summed E-state index contributed by atoms with van der Waals surface area (Å²) in [5.74, 6) is 0.615. The van der Waals surface area contributed by atoms with Gasteiger partial charge in [-0.3, -0.25) is 0 Å². The normalized spacial score (nSPS) is 32.0. The standard InChI is InChI=1S/C20H27NO2/c1-3-23-19(22)21-11-10-20-9-5-4-6-16(20)18(21)13-15-8-7-14(2)12-17(15)20/h7-8,12,16,18H,3-6,9-11,13H2,1-2H3/t16-,18+,20?/m1/s1. The van der Waals surface area contributed by atoms with Gasteiger partial charge in [0.15, 0.2) is 0 Å². The van der Waals surface area contributed by atoms with Crippen molar-refractivity contribution in [3.63, 3.8) is 0 Å². The molecule has 2 bridgehead atoms. The van der Waals surface area contributed by atoms with E-state index in [9.17, 15) is 4.79 Å². The maximum absolute atomic E-state index is 12.4. The monoisotopic (exact) mass is 313 g/mol. The molecule has 2 fully saturated rings. The summed E-state index contributed by atoms with van der Waals surface area (Å²) in [7, 11) is 0. The van der Waals surface area contributed by atoms with Crippen molar-refractivity contribution in [1.82, 2.24) is 4.90 Å². The van der Waals surface area contributed by atoms with Gasteiger partial charge in [0, 0.05) is 18.0 Å². The largest absolute Gasteiger partial charge is 0.450 e. The van der Waals surface area contributed by atoms with Crippen LogP contribution in [-0.4, -0.2) is 30.2 Å². The molecule has 23 heavy (non-hydrogen) atoms. The van der Waals surface area contributed by atoms with Crippen LogP contribution >= 0.6 is 0 Å². The van der Waals surface area contributed by atoms with Crippen LogP contribution in [0.5, 0.6) is 0 Å². The van der Waals surface area contributed by atoms with Crippen molar-refractivity contribution in [3.05, 3.63) is 34.9 Å². The Bertz CT molecular complexity index is 626. The highest BCUT2D eigenvalue weighted by Gasteiger charge is 2.54. The molecule has 3 heteroatoms. The quantitative estimate of drug-likeness (QED) is 0.777. The molecule has 1 unspecified atom stereocenters. The number of likely N-dealkylation sites (tertiary alicyclic amines) is 1. The number of fused-ring (bicyclic) bond motifs is 1. The highest BCUT2D eigenvalue weighted by molar-refractivity contribution is 5.69. The van der Waals surface area contributed by atoms with Gasteiger partial charge in [-0.2, -0.15) is 0 Å². The van der Waals surface area contributed by atoms with Gasteiger partial charge < -0.3 is 9.64 Å². The molecule has 2 aliphatic carbocycles. The molecule has 1 aromatic rings. The molecule has 3 aliphatic rings. The Morgan fingerprint density at radius 3 is 3.04 bits per heavy atom. The van der Waals surface area contributed by atoms with Gasteiger partial charge in [0.2, 0.25) is 0 Å². The first-order chi connectivity index (χ1) is 11.2. The molecular weight excluding hydrogens is 286 g/mol. The fourth-order valence-electron chi connectivity index (χ4n) is 5.55. The molecule has 124 valence electrons. The van der Waals surface area contributed by atoms with E-state index in [1.54, 1.807) is 5.56 Å². The molecule has 0 radical (unpaired) electrons. The molecule has 3 atom stereocenters. The Morgan fingerprint density at radius 1 is 1.35 bits per heavy atom. The lowest BCUT2D eigenvalue weighted by Crippen LogP contribution is -2.62. The molecule has 1 aromatic carbocycles. The van der Waals surface area contributed by atoms with E-state index in [1.807, 2.05) is 11.8 Å². The van der Waals surface area contributed by atoms with Crippen LogP contribution in [0.3, 0.4) is 0 Å². The Balaban J connectivity index is 1.78. The number of carbonyl (C=O) groups excluding carboxylic acids is 1. The van der Waals surface area contributed by atoms with Gasteiger partial charge in [-0.1, -0.05) is 36.6 Å². The first kappa shape index (κ1) is 15.0. The molecule has 4 rings (SSSR count). The molecule has 0 N–H and O–H groups in total. The van der Waals surface area contributed by atoms with E-state index in [4.69, 9.17) is 4.74 Å². The van der Waals surface area contributed by atoms with Crippen molar-refractivity contribution in [2.24, 2.45) is 5.92 Å². The van der Waals surface area contributed by atoms with E-state index in [1.165, 1.54) is 36.8 Å². The SMILES string of the molecule is CCOC(=O)N1CCC23CCCC[C@@H]2[C@@H]1Cc1ccc(C)cc13. The van der Waals surface area contributed by atoms with Crippen molar-refractivity contribution in [2.45, 2.75) is 63.8 Å². The van der Waals surface area contributed by atoms with E-state index in [0.29, 0.717) is 24.0 Å². The van der Waals surface area contributed by atoms with Gasteiger partial charge in [-0.15, -0.1) is 0 Å². The number of hydrogen-bond acceptors (Lipinski definition) is 2. The zero-order valence-electron chi connectivity index (χ0n) is 14.3. The third kappa shape index (κ3) is 2.20. The third-order valence-electron chi connectivity index (χ3n) is 6.49. The average Bonchev–Trinajstić information content (AvgIpc) is 2.56. The number of nitrogens with zero attached hydrogens (tertiary/aromatic N) is 1. The van der Waals surface area contributed by atoms with Crippen LogP contribution in [0.4, 0.5) is 4.79 Å². The van der Waals surface area contributed by atoms with Crippen LogP contribution in [0, 0.1) is 12.8 Å². The van der Waals surface area contributed by atoms with Crippen LogP contribution in [0.2, 0.25) is 0 Å². The number of aryl methyl sites for hydroxylation is 1. The fraction of sp³-hybridized carbons (Fsp3) is 0.650. The predicted octanol–water partition coefficient (Wildman–Crippen LogP) is 4.21. The summed E-state index contributed by atoms with van der Waals surface area (Å²) in [6.07, 6.45) is 7.18. The maximum atomic E-state index is 12.4. The molecule has 1 saturated heterocycles. The zero-order valence-corrected chi connectivity index (χ0v) is 14.3. The van der Waals surface area contributed by atoms with E-state index < -0.39 is 0 Å². The van der Waals surface area contributed by atoms with Crippen LogP contribution in [0.25, 0.3) is 0 Å². The molecule has 0 spiro atoms. The van der Waals surface area contributed by atoms with Gasteiger partial charge >= 0.3 is 6.09 Å². The Labute approximate surface area is 139 Å². The minimum Gasteiger partial charge on any atom is -0.450 e. The second-order valence-corrected chi connectivity index (χ2v) is 7.58. The van der Waals surface area contributed by atoms with Crippen LogP contribution in [0.1, 0.15) is 55.7 Å². The lowest BCUT2D eigenvalue weighted by molar-refractivity contribution is -0.0109. The molecule has 3 nitrogen and oxygen atoms in total. The highest BCUT2D eigenvalue weighted by Crippen LogP contribution is 2.55. The molecule has 1 aliphatic heterocycles. The van der Waals surface area contributed by atoms with Crippen molar-refractivity contribution in [2.75, 3.05) is 13.2 Å². The first-order valence-corrected chi connectivity index (χ1v) is 9.19. The van der Waals surface area contributed by atoms with E-state index >= 15 is 0 Å². The van der Waals surface area contributed by atoms with Crippen LogP contribution in [-0.2, 0) is 16.6 Å². The third-order valence-corrected chi connectivity index (χ3v) is 6.49. The summed E-state index contributed by atoms with van der Waals surface area (Å²) >= 11 is 0. The lowest BCUT2D eigenvalue weighted by Gasteiger charge is -2.58. The zero-order chi connectivity index (χ0) is 16.0. The van der Waals surface area contributed by atoms with E-state index in [0.717, 1.165) is 19.4 Å². The smallest absolute Gasteiger partial charge is 0.410 e. The van der Waals surface area contributed by atoms with Crippen molar-refractivity contribution in [1.29, 1.82) is 0 Å². The minimum absolute atomic E-state index is 0.104. The number of carbonyl (C=O) groups is 1. The van der Waals surface area contributed by atoms with Gasteiger partial charge in [0.1, 0.15) is 0 Å². The number of rotatable bonds is 1. The summed E-state index contributed by atoms with van der Waals surface area (Å²) in [4.78, 5) is 14.5. The van der Waals surface area contributed by atoms with Gasteiger partial charge in [0.05, 0.1) is 6.61 Å².